The topological polar surface area (TPSA) is 100 Å². The Morgan fingerprint density at radius 1 is 1.09 bits per heavy atom. The van der Waals surface area contributed by atoms with E-state index < -0.39 is 0 Å². The second-order valence-corrected chi connectivity index (χ2v) is 8.04. The Balaban J connectivity index is 1.49. The number of rotatable bonds is 7. The molecule has 0 amide bonds. The number of thioether (sulfide) groups is 1. The molecule has 0 radical (unpaired) electrons. The number of methoxy groups -OCH3 is 1. The Morgan fingerprint density at radius 2 is 1.75 bits per heavy atom. The van der Waals surface area contributed by atoms with Crippen molar-refractivity contribution in [3.05, 3.63) is 65.5 Å². The molecule has 2 heterocycles. The first-order valence-corrected chi connectivity index (χ1v) is 10.8. The van der Waals surface area contributed by atoms with Gasteiger partial charge in [0.1, 0.15) is 23.2 Å². The van der Waals surface area contributed by atoms with Crippen molar-refractivity contribution in [1.29, 1.82) is 5.26 Å². The number of aromatic nitrogens is 4. The molecule has 1 aromatic heterocycles. The van der Waals surface area contributed by atoms with Gasteiger partial charge in [-0.25, -0.2) is 4.68 Å². The van der Waals surface area contributed by atoms with Gasteiger partial charge in [-0.15, -0.1) is 5.10 Å². The standard InChI is InChI=1S/C22H21N7O2S/c1-27-18-6-4-5-7-19(18)28(2)21(27)17(12-23)20(30)14-32-22-24-25-26-29(22)13-15-8-10-16(31-3)11-9-15/h4-11H,13-14H2,1-3H3. The smallest absolute Gasteiger partial charge is 0.210 e. The van der Waals surface area contributed by atoms with E-state index in [0.717, 1.165) is 22.7 Å². The third-order valence-corrected chi connectivity index (χ3v) is 6.13. The molecule has 0 spiro atoms. The number of carbonyl (C=O) groups is 1. The summed E-state index contributed by atoms with van der Waals surface area (Å²) in [6.45, 7) is 0.459. The van der Waals surface area contributed by atoms with Crippen molar-refractivity contribution in [2.75, 3.05) is 36.8 Å². The fourth-order valence-corrected chi connectivity index (χ4v) is 4.31. The second-order valence-electron chi connectivity index (χ2n) is 7.10. The third kappa shape index (κ3) is 4.02. The van der Waals surface area contributed by atoms with Crippen molar-refractivity contribution in [1.82, 2.24) is 20.2 Å². The number of nitriles is 1. The molecule has 4 rings (SSSR count). The summed E-state index contributed by atoms with van der Waals surface area (Å²) in [7, 11) is 5.32. The van der Waals surface area contributed by atoms with Crippen LogP contribution in [-0.2, 0) is 11.3 Å². The highest BCUT2D eigenvalue weighted by Gasteiger charge is 2.31. The van der Waals surface area contributed by atoms with Gasteiger partial charge in [-0.05, 0) is 40.3 Å². The van der Waals surface area contributed by atoms with Crippen LogP contribution in [0.4, 0.5) is 11.4 Å². The van der Waals surface area contributed by atoms with Crippen LogP contribution in [0.3, 0.4) is 0 Å². The van der Waals surface area contributed by atoms with Crippen molar-refractivity contribution in [3.8, 4) is 11.8 Å². The minimum Gasteiger partial charge on any atom is -0.497 e. The van der Waals surface area contributed by atoms with Crippen LogP contribution < -0.4 is 14.5 Å². The highest BCUT2D eigenvalue weighted by atomic mass is 32.2. The number of nitrogens with zero attached hydrogens (tertiary/aromatic N) is 7. The van der Waals surface area contributed by atoms with Crippen molar-refractivity contribution in [2.45, 2.75) is 11.7 Å². The zero-order chi connectivity index (χ0) is 22.7. The molecule has 0 saturated heterocycles. The van der Waals surface area contributed by atoms with Gasteiger partial charge in [-0.3, -0.25) is 4.79 Å². The molecule has 0 atom stereocenters. The normalized spacial score (nSPS) is 12.5. The molecule has 3 aromatic rings. The van der Waals surface area contributed by atoms with E-state index in [1.54, 1.807) is 11.8 Å². The summed E-state index contributed by atoms with van der Waals surface area (Å²) < 4.78 is 6.81. The van der Waals surface area contributed by atoms with Gasteiger partial charge < -0.3 is 14.5 Å². The van der Waals surface area contributed by atoms with Crippen LogP contribution in [0.2, 0.25) is 0 Å². The largest absolute Gasteiger partial charge is 0.497 e. The van der Waals surface area contributed by atoms with Gasteiger partial charge in [0.2, 0.25) is 5.16 Å². The van der Waals surface area contributed by atoms with E-state index in [9.17, 15) is 10.1 Å². The maximum absolute atomic E-state index is 13.0. The Labute approximate surface area is 189 Å². The fourth-order valence-electron chi connectivity index (χ4n) is 3.56. The predicted molar refractivity (Wildman–Crippen MR) is 122 cm³/mol. The van der Waals surface area contributed by atoms with E-state index in [4.69, 9.17) is 4.74 Å². The van der Waals surface area contributed by atoms with Crippen LogP contribution in [0.1, 0.15) is 5.56 Å². The van der Waals surface area contributed by atoms with E-state index in [2.05, 4.69) is 21.6 Å². The zero-order valence-corrected chi connectivity index (χ0v) is 18.7. The summed E-state index contributed by atoms with van der Waals surface area (Å²) in [5.74, 6) is 1.11. The van der Waals surface area contributed by atoms with Gasteiger partial charge in [0.15, 0.2) is 5.78 Å². The van der Waals surface area contributed by atoms with E-state index in [0.29, 0.717) is 17.5 Å². The minimum absolute atomic E-state index is 0.0490. The number of anilines is 2. The maximum Gasteiger partial charge on any atom is 0.210 e. The van der Waals surface area contributed by atoms with Crippen LogP contribution in [0.25, 0.3) is 0 Å². The van der Waals surface area contributed by atoms with Gasteiger partial charge in [0, 0.05) is 14.1 Å². The van der Waals surface area contributed by atoms with Gasteiger partial charge >= 0.3 is 0 Å². The first-order chi connectivity index (χ1) is 15.5. The molecule has 0 aliphatic carbocycles. The number of ether oxygens (including phenoxy) is 1. The number of Topliss-reactive ketones (excluding diaryl/α,β-unsaturated/α-hetero) is 1. The highest BCUT2D eigenvalue weighted by Crippen LogP contribution is 2.40. The maximum atomic E-state index is 13.0. The number of fused-ring (bicyclic) bond motifs is 1. The number of para-hydroxylation sites is 2. The lowest BCUT2D eigenvalue weighted by atomic mass is 10.2. The molecule has 0 unspecified atom stereocenters. The van der Waals surface area contributed by atoms with Gasteiger partial charge in [0.25, 0.3) is 0 Å². The molecule has 2 aromatic carbocycles. The molecule has 9 nitrogen and oxygen atoms in total. The molecular weight excluding hydrogens is 426 g/mol. The molecule has 1 aliphatic heterocycles. The fraction of sp³-hybridized carbons (Fsp3) is 0.227. The van der Waals surface area contributed by atoms with Crippen molar-refractivity contribution in [2.24, 2.45) is 0 Å². The van der Waals surface area contributed by atoms with Crippen LogP contribution in [0.15, 0.2) is 65.1 Å². The Bertz CT molecular complexity index is 1180. The SMILES string of the molecule is COc1ccc(Cn2nnnc2SCC(=O)C(C#N)=C2N(C)c3ccccc3N2C)cc1. The lowest BCUT2D eigenvalue weighted by molar-refractivity contribution is -0.112. The molecule has 0 N–H and O–H groups in total. The van der Waals surface area contributed by atoms with Crippen molar-refractivity contribution < 1.29 is 9.53 Å². The Kier molecular flexibility index (Phi) is 6.09. The number of hydrogen-bond donors (Lipinski definition) is 0. The lowest BCUT2D eigenvalue weighted by Gasteiger charge is -2.19. The van der Waals surface area contributed by atoms with Crippen LogP contribution in [0.5, 0.6) is 5.75 Å². The second kappa shape index (κ2) is 9.11. The van der Waals surface area contributed by atoms with Gasteiger partial charge in [-0.1, -0.05) is 36.0 Å². The molecule has 0 saturated carbocycles. The summed E-state index contributed by atoms with van der Waals surface area (Å²) in [5.41, 5.74) is 2.99. The Hall–Kier alpha value is -3.84. The molecule has 10 heteroatoms. The van der Waals surface area contributed by atoms with Crippen LogP contribution in [0, 0.1) is 11.3 Å². The van der Waals surface area contributed by atoms with E-state index in [1.165, 1.54) is 11.8 Å². The average Bonchev–Trinajstić information content (AvgIpc) is 3.36. The zero-order valence-electron chi connectivity index (χ0n) is 17.9. The molecular formula is C22H21N7O2S. The first-order valence-electron chi connectivity index (χ1n) is 9.79. The summed E-state index contributed by atoms with van der Waals surface area (Å²) in [5, 5.41) is 22.1. The quantitative estimate of drug-likeness (QED) is 0.307. The molecule has 32 heavy (non-hydrogen) atoms. The summed E-state index contributed by atoms with van der Waals surface area (Å²) in [6, 6.07) is 17.5. The number of allylic oxidation sites excluding steroid dienone is 1. The molecule has 1 aliphatic rings. The third-order valence-electron chi connectivity index (χ3n) is 5.18. The number of ketones is 1. The highest BCUT2D eigenvalue weighted by molar-refractivity contribution is 7.99. The van der Waals surface area contributed by atoms with E-state index in [1.807, 2.05) is 72.4 Å². The summed E-state index contributed by atoms with van der Waals surface area (Å²) >= 11 is 1.21. The number of hydrogen-bond acceptors (Lipinski definition) is 9. The Morgan fingerprint density at radius 3 is 2.34 bits per heavy atom. The monoisotopic (exact) mass is 447 g/mol. The van der Waals surface area contributed by atoms with E-state index >= 15 is 0 Å². The summed E-state index contributed by atoms with van der Waals surface area (Å²) in [6.07, 6.45) is 0. The average molecular weight is 448 g/mol. The van der Waals surface area contributed by atoms with Crippen LogP contribution >= 0.6 is 11.8 Å². The first kappa shape index (κ1) is 21.4. The predicted octanol–water partition coefficient (Wildman–Crippen LogP) is 2.71. The molecule has 0 bridgehead atoms. The van der Waals surface area contributed by atoms with Crippen LogP contribution in [-0.4, -0.2) is 52.9 Å². The van der Waals surface area contributed by atoms with Crippen molar-refractivity contribution in [3.63, 3.8) is 0 Å². The minimum atomic E-state index is -0.280. The van der Waals surface area contributed by atoms with Crippen molar-refractivity contribution >= 4 is 28.9 Å². The molecule has 0 fully saturated rings. The number of tetrazole rings is 1. The number of carbonyl (C=O) groups excluding carboxylic acids is 1. The lowest BCUT2D eigenvalue weighted by Crippen LogP contribution is -2.26. The van der Waals surface area contributed by atoms with Gasteiger partial charge in [0.05, 0.1) is 30.8 Å². The number of benzene rings is 2. The van der Waals surface area contributed by atoms with Gasteiger partial charge in [-0.2, -0.15) is 5.26 Å². The molecule has 162 valence electrons. The van der Waals surface area contributed by atoms with E-state index in [-0.39, 0.29) is 17.1 Å². The summed E-state index contributed by atoms with van der Waals surface area (Å²) in [4.78, 5) is 16.7.